The number of aryl methyl sites for hydroxylation is 1. The zero-order chi connectivity index (χ0) is 30.3. The molecular weight excluding hydrogens is 614 g/mol. The van der Waals surface area contributed by atoms with Crippen LogP contribution in [0.1, 0.15) is 37.7 Å². The maximum absolute atomic E-state index is 13.0. The fraction of sp³-hybridized carbons (Fsp3) is 0.607. The van der Waals surface area contributed by atoms with E-state index in [9.17, 15) is 24.0 Å². The summed E-state index contributed by atoms with van der Waals surface area (Å²) in [6, 6.07) is 5.91. The number of unbranched alkanes of at least 4 members (excludes halogenated alkanes) is 1. The van der Waals surface area contributed by atoms with Gasteiger partial charge in [-0.2, -0.15) is 0 Å². The van der Waals surface area contributed by atoms with Crippen molar-refractivity contribution >= 4 is 68.1 Å². The number of urea groups is 2. The summed E-state index contributed by atoms with van der Waals surface area (Å²) in [4.78, 5) is 69.9. The highest BCUT2D eigenvalue weighted by Crippen LogP contribution is 2.36. The Labute approximate surface area is 263 Å². The molecule has 7 amide bonds. The molecule has 4 aliphatic heterocycles. The van der Waals surface area contributed by atoms with E-state index in [0.717, 1.165) is 54.4 Å². The van der Waals surface area contributed by atoms with Crippen molar-refractivity contribution in [3.8, 4) is 0 Å². The second-order valence-corrected chi connectivity index (χ2v) is 13.9. The highest BCUT2D eigenvalue weighted by Gasteiger charge is 2.42. The molecular formula is C28H36ClN7O5S2. The predicted molar refractivity (Wildman–Crippen MR) is 167 cm³/mol. The molecule has 0 saturated carbocycles. The molecule has 0 aromatic heterocycles. The number of rotatable bonds is 10. The van der Waals surface area contributed by atoms with Gasteiger partial charge in [-0.1, -0.05) is 43.9 Å². The van der Waals surface area contributed by atoms with Crippen LogP contribution in [-0.2, 0) is 16.0 Å². The van der Waals surface area contributed by atoms with Gasteiger partial charge in [0.15, 0.2) is 0 Å². The maximum Gasteiger partial charge on any atom is 0.375 e. The third kappa shape index (κ3) is 7.89. The smallest absolute Gasteiger partial charge is 0.340 e. The second-order valence-electron chi connectivity index (χ2n) is 11.0. The molecule has 5 rings (SSSR count). The largest absolute Gasteiger partial charge is 0.375 e. The molecule has 0 bridgehead atoms. The number of benzene rings is 1. The molecule has 2 atom stereocenters. The summed E-state index contributed by atoms with van der Waals surface area (Å²) in [7, 11) is 3.45. The molecule has 0 radical (unpaired) electrons. The van der Waals surface area contributed by atoms with Crippen LogP contribution in [0, 0.1) is 0 Å². The van der Waals surface area contributed by atoms with Gasteiger partial charge >= 0.3 is 17.4 Å². The Kier molecular flexibility index (Phi) is 11.0. The highest BCUT2D eigenvalue weighted by molar-refractivity contribution is 8.76. The first-order valence-corrected chi connectivity index (χ1v) is 17.6. The van der Waals surface area contributed by atoms with E-state index in [2.05, 4.69) is 15.1 Å². The van der Waals surface area contributed by atoms with Crippen molar-refractivity contribution in [1.82, 2.24) is 19.6 Å². The van der Waals surface area contributed by atoms with Crippen molar-refractivity contribution in [2.75, 3.05) is 62.2 Å². The van der Waals surface area contributed by atoms with Crippen LogP contribution in [0.5, 0.6) is 0 Å². The summed E-state index contributed by atoms with van der Waals surface area (Å²) in [5, 5.41) is 6.11. The molecule has 232 valence electrons. The van der Waals surface area contributed by atoms with E-state index in [1.807, 2.05) is 21.9 Å². The first-order chi connectivity index (χ1) is 20.8. The van der Waals surface area contributed by atoms with Crippen LogP contribution in [0.3, 0.4) is 0 Å². The van der Waals surface area contributed by atoms with E-state index in [0.29, 0.717) is 57.5 Å². The summed E-state index contributed by atoms with van der Waals surface area (Å²) < 4.78 is 0. The molecule has 43 heavy (non-hydrogen) atoms. The van der Waals surface area contributed by atoms with E-state index in [1.165, 1.54) is 0 Å². The lowest BCUT2D eigenvalue weighted by Gasteiger charge is -2.48. The standard InChI is InChI=1S/C28H36ClN7O5S2/c29-26(39)35-17-16-34(22-18-42-43-19-23(22)35)25(38)6-2-1-5-24(37)33-14-12-32(13-15-33)11-3-4-20-7-9-21(10-8-20)36-27(40)30-31-28(36)41/h7-10,22-23H,1-6,11-19H2/t22-,23?/m1/s1. The Morgan fingerprint density at radius 3 is 1.98 bits per heavy atom. The van der Waals surface area contributed by atoms with Crippen LogP contribution < -0.4 is 4.90 Å². The van der Waals surface area contributed by atoms with E-state index in [1.54, 1.807) is 38.6 Å². The fourth-order valence-electron chi connectivity index (χ4n) is 6.00. The number of azo groups is 1. The average molecular weight is 650 g/mol. The van der Waals surface area contributed by atoms with Gasteiger partial charge in [0.05, 0.1) is 17.8 Å². The van der Waals surface area contributed by atoms with E-state index < -0.39 is 17.4 Å². The molecule has 1 aromatic rings. The van der Waals surface area contributed by atoms with Gasteiger partial charge in [0, 0.05) is 63.6 Å². The Morgan fingerprint density at radius 2 is 1.35 bits per heavy atom. The normalized spacial score (nSPS) is 22.7. The molecule has 4 heterocycles. The van der Waals surface area contributed by atoms with Gasteiger partial charge in [0.2, 0.25) is 11.8 Å². The topological polar surface area (TPSA) is 126 Å². The number of nitrogens with zero attached hydrogens (tertiary/aromatic N) is 7. The van der Waals surface area contributed by atoms with Crippen molar-refractivity contribution in [2.45, 2.75) is 50.6 Å². The van der Waals surface area contributed by atoms with Crippen molar-refractivity contribution in [2.24, 2.45) is 10.2 Å². The number of amides is 7. The number of anilines is 1. The molecule has 15 heteroatoms. The van der Waals surface area contributed by atoms with E-state index >= 15 is 0 Å². The second kappa shape index (κ2) is 14.9. The lowest BCUT2D eigenvalue weighted by molar-refractivity contribution is -0.137. The molecule has 1 unspecified atom stereocenters. The quantitative estimate of drug-likeness (QED) is 0.157. The number of halogens is 1. The third-order valence-electron chi connectivity index (χ3n) is 8.43. The van der Waals surface area contributed by atoms with Crippen LogP contribution in [-0.4, -0.2) is 118 Å². The SMILES string of the molecule is O=C(CCCCC(=O)N1CCN(C(=O)Cl)C2CSSC[C@H]21)N1CCN(CCCc2ccc(N3C(=O)N=NC3=O)cc2)CC1. The predicted octanol–water partition coefficient (Wildman–Crippen LogP) is 4.47. The molecule has 0 spiro atoms. The zero-order valence-electron chi connectivity index (χ0n) is 23.9. The average Bonchev–Trinajstić information content (AvgIpc) is 3.36. The minimum atomic E-state index is -0.672. The monoisotopic (exact) mass is 649 g/mol. The Hall–Kier alpha value is -2.68. The van der Waals surface area contributed by atoms with Crippen LogP contribution in [0.25, 0.3) is 0 Å². The number of piperazine rings is 2. The van der Waals surface area contributed by atoms with Gasteiger partial charge in [-0.3, -0.25) is 19.3 Å². The first-order valence-electron chi connectivity index (χ1n) is 14.7. The Morgan fingerprint density at radius 1 is 0.767 bits per heavy atom. The summed E-state index contributed by atoms with van der Waals surface area (Å²) >= 11 is 5.79. The van der Waals surface area contributed by atoms with Crippen LogP contribution >= 0.6 is 33.2 Å². The number of carbonyl (C=O) groups excluding carboxylic acids is 5. The van der Waals surface area contributed by atoms with Crippen molar-refractivity contribution < 1.29 is 24.0 Å². The molecule has 3 saturated heterocycles. The van der Waals surface area contributed by atoms with Crippen molar-refractivity contribution in [1.29, 1.82) is 0 Å². The van der Waals surface area contributed by atoms with E-state index in [-0.39, 0.29) is 23.9 Å². The maximum atomic E-state index is 13.0. The van der Waals surface area contributed by atoms with Crippen LogP contribution in [0.15, 0.2) is 34.5 Å². The lowest BCUT2D eigenvalue weighted by Crippen LogP contribution is -2.64. The molecule has 4 aliphatic rings. The first kappa shape index (κ1) is 31.7. The fourth-order valence-corrected chi connectivity index (χ4v) is 8.90. The Balaban J connectivity index is 0.953. The summed E-state index contributed by atoms with van der Waals surface area (Å²) in [6.07, 6.45) is 4.06. The molecule has 0 aliphatic carbocycles. The van der Waals surface area contributed by atoms with Gasteiger partial charge in [-0.05, 0) is 61.5 Å². The number of fused-ring (bicyclic) bond motifs is 1. The molecule has 3 fully saturated rings. The zero-order valence-corrected chi connectivity index (χ0v) is 26.3. The van der Waals surface area contributed by atoms with Crippen LogP contribution in [0.4, 0.5) is 20.1 Å². The van der Waals surface area contributed by atoms with Gasteiger partial charge in [0.1, 0.15) is 0 Å². The van der Waals surface area contributed by atoms with Gasteiger partial charge < -0.3 is 14.7 Å². The van der Waals surface area contributed by atoms with Crippen molar-refractivity contribution in [3.63, 3.8) is 0 Å². The molecule has 12 nitrogen and oxygen atoms in total. The summed E-state index contributed by atoms with van der Waals surface area (Å²) in [6.45, 7) is 5.01. The number of hydrogen-bond acceptors (Lipinski definition) is 8. The molecule has 1 aromatic carbocycles. The van der Waals surface area contributed by atoms with Gasteiger partial charge in [0.25, 0.3) is 0 Å². The number of carbonyl (C=O) groups is 5. The Bertz CT molecular complexity index is 1230. The third-order valence-corrected chi connectivity index (χ3v) is 11.1. The van der Waals surface area contributed by atoms with Crippen LogP contribution in [0.2, 0.25) is 0 Å². The number of hydrogen-bond donors (Lipinski definition) is 0. The molecule has 0 N–H and O–H groups in total. The minimum Gasteiger partial charge on any atom is -0.340 e. The lowest BCUT2D eigenvalue weighted by atomic mass is 10.0. The van der Waals surface area contributed by atoms with E-state index in [4.69, 9.17) is 11.6 Å². The summed E-state index contributed by atoms with van der Waals surface area (Å²) in [5.41, 5.74) is 1.58. The number of imide groups is 1. The highest BCUT2D eigenvalue weighted by atomic mass is 35.5. The van der Waals surface area contributed by atoms with Crippen molar-refractivity contribution in [3.05, 3.63) is 29.8 Å². The van der Waals surface area contributed by atoms with Gasteiger partial charge in [-0.25, -0.2) is 14.5 Å². The minimum absolute atomic E-state index is 0.000609. The summed E-state index contributed by atoms with van der Waals surface area (Å²) in [5.74, 6) is 1.82. The van der Waals surface area contributed by atoms with Gasteiger partial charge in [-0.15, -0.1) is 0 Å².